The molecule has 0 saturated carbocycles. The summed E-state index contributed by atoms with van der Waals surface area (Å²) >= 11 is 0. The summed E-state index contributed by atoms with van der Waals surface area (Å²) in [5.41, 5.74) is 7.75. The Balaban J connectivity index is 2.12. The van der Waals surface area contributed by atoms with Gasteiger partial charge in [-0.05, 0) is 54.4 Å². The maximum absolute atomic E-state index is 13.2. The first kappa shape index (κ1) is 14.0. The summed E-state index contributed by atoms with van der Waals surface area (Å²) < 4.78 is 18.9. The normalized spacial score (nSPS) is 10.1. The first-order chi connectivity index (χ1) is 9.72. The molecule has 0 fully saturated rings. The molecule has 2 rings (SSSR count). The molecule has 4 heteroatoms. The highest BCUT2D eigenvalue weighted by Crippen LogP contribution is 2.21. The second-order valence-electron chi connectivity index (χ2n) is 4.39. The number of halogens is 1. The van der Waals surface area contributed by atoms with Gasteiger partial charge in [-0.15, -0.1) is 0 Å². The Morgan fingerprint density at radius 2 is 2.05 bits per heavy atom. The molecule has 0 aromatic heterocycles. The van der Waals surface area contributed by atoms with Gasteiger partial charge < -0.3 is 10.5 Å². The molecule has 20 heavy (non-hydrogen) atoms. The molecule has 0 aliphatic carbocycles. The van der Waals surface area contributed by atoms with Gasteiger partial charge in [0, 0.05) is 0 Å². The highest BCUT2D eigenvalue weighted by atomic mass is 19.1. The van der Waals surface area contributed by atoms with E-state index in [2.05, 4.69) is 6.07 Å². The molecule has 0 spiro atoms. The molecular weight excluding hydrogens is 255 g/mol. The summed E-state index contributed by atoms with van der Waals surface area (Å²) in [6, 6.07) is 13.7. The number of hydrogen-bond acceptors (Lipinski definition) is 3. The van der Waals surface area contributed by atoms with Gasteiger partial charge >= 0.3 is 0 Å². The Morgan fingerprint density at radius 1 is 1.20 bits per heavy atom. The summed E-state index contributed by atoms with van der Waals surface area (Å²) in [6.45, 7) is 0.766. The van der Waals surface area contributed by atoms with E-state index < -0.39 is 0 Å². The van der Waals surface area contributed by atoms with Crippen molar-refractivity contribution in [3.8, 4) is 11.8 Å². The predicted molar refractivity (Wildman–Crippen MR) is 74.6 cm³/mol. The third kappa shape index (κ3) is 3.56. The molecule has 102 valence electrons. The number of nitrogens with two attached hydrogens (primary N) is 1. The van der Waals surface area contributed by atoms with Gasteiger partial charge in [-0.3, -0.25) is 0 Å². The average Bonchev–Trinajstić information content (AvgIpc) is 2.47. The van der Waals surface area contributed by atoms with E-state index in [1.165, 1.54) is 12.1 Å². The van der Waals surface area contributed by atoms with Crippen LogP contribution in [0.1, 0.15) is 16.7 Å². The van der Waals surface area contributed by atoms with Crippen molar-refractivity contribution in [3.05, 3.63) is 65.0 Å². The minimum atomic E-state index is -0.299. The van der Waals surface area contributed by atoms with E-state index in [-0.39, 0.29) is 5.82 Å². The molecule has 0 saturated heterocycles. The van der Waals surface area contributed by atoms with E-state index in [0.717, 1.165) is 11.1 Å². The number of benzene rings is 2. The molecule has 2 aromatic carbocycles. The van der Waals surface area contributed by atoms with Gasteiger partial charge in [0.05, 0.1) is 11.6 Å². The molecule has 0 atom stereocenters. The molecule has 0 bridgehead atoms. The molecule has 0 heterocycles. The van der Waals surface area contributed by atoms with E-state index in [0.29, 0.717) is 30.9 Å². The smallest absolute Gasteiger partial charge is 0.123 e. The molecule has 0 radical (unpaired) electrons. The minimum absolute atomic E-state index is 0.299. The largest absolute Gasteiger partial charge is 0.489 e. The van der Waals surface area contributed by atoms with Gasteiger partial charge in [0.25, 0.3) is 0 Å². The Labute approximate surface area is 117 Å². The fourth-order valence-electron chi connectivity index (χ4n) is 1.93. The van der Waals surface area contributed by atoms with Gasteiger partial charge in [-0.1, -0.05) is 12.1 Å². The number of nitriles is 1. The van der Waals surface area contributed by atoms with Crippen LogP contribution < -0.4 is 10.5 Å². The van der Waals surface area contributed by atoms with Crippen LogP contribution in [-0.4, -0.2) is 6.54 Å². The van der Waals surface area contributed by atoms with E-state index in [1.54, 1.807) is 18.2 Å². The molecule has 0 amide bonds. The van der Waals surface area contributed by atoms with Gasteiger partial charge in [0.2, 0.25) is 0 Å². The molecule has 0 unspecified atom stereocenters. The zero-order valence-corrected chi connectivity index (χ0v) is 11.0. The second kappa shape index (κ2) is 6.69. The molecular formula is C16H15FN2O. The van der Waals surface area contributed by atoms with Crippen LogP contribution in [0.3, 0.4) is 0 Å². The van der Waals surface area contributed by atoms with Crippen molar-refractivity contribution in [3.63, 3.8) is 0 Å². The topological polar surface area (TPSA) is 59.0 Å². The Hall–Kier alpha value is -2.38. The SMILES string of the molecule is N#Cc1cccc(COc2ccc(F)cc2CCN)c1. The van der Waals surface area contributed by atoms with Crippen molar-refractivity contribution in [1.82, 2.24) is 0 Å². The standard InChI is InChI=1S/C16H15FN2O/c17-15-4-5-16(14(9-15)6-7-18)20-11-13-3-1-2-12(8-13)10-19/h1-5,8-9H,6-7,11,18H2. The zero-order chi connectivity index (χ0) is 14.4. The van der Waals surface area contributed by atoms with Crippen LogP contribution in [0.5, 0.6) is 5.75 Å². The Morgan fingerprint density at radius 3 is 2.80 bits per heavy atom. The third-order valence-electron chi connectivity index (χ3n) is 2.89. The first-order valence-electron chi connectivity index (χ1n) is 6.33. The van der Waals surface area contributed by atoms with Crippen LogP contribution in [0.4, 0.5) is 4.39 Å². The van der Waals surface area contributed by atoms with Crippen LogP contribution >= 0.6 is 0 Å². The number of rotatable bonds is 5. The maximum atomic E-state index is 13.2. The van der Waals surface area contributed by atoms with Crippen molar-refractivity contribution < 1.29 is 9.13 Å². The van der Waals surface area contributed by atoms with Crippen molar-refractivity contribution in [2.75, 3.05) is 6.54 Å². The summed E-state index contributed by atoms with van der Waals surface area (Å²) in [5.74, 6) is 0.325. The van der Waals surface area contributed by atoms with E-state index in [9.17, 15) is 4.39 Å². The second-order valence-corrected chi connectivity index (χ2v) is 4.39. The van der Waals surface area contributed by atoms with Gasteiger partial charge in [-0.25, -0.2) is 4.39 Å². The van der Waals surface area contributed by atoms with Crippen LogP contribution in [0.15, 0.2) is 42.5 Å². The first-order valence-corrected chi connectivity index (χ1v) is 6.33. The molecule has 0 aliphatic heterocycles. The molecule has 2 N–H and O–H groups in total. The highest BCUT2D eigenvalue weighted by molar-refractivity contribution is 5.36. The molecule has 0 aliphatic rings. The van der Waals surface area contributed by atoms with Crippen LogP contribution in [0.25, 0.3) is 0 Å². The van der Waals surface area contributed by atoms with E-state index >= 15 is 0 Å². The summed E-state index contributed by atoms with van der Waals surface area (Å²) in [6.07, 6.45) is 0.561. The summed E-state index contributed by atoms with van der Waals surface area (Å²) in [7, 11) is 0. The molecule has 3 nitrogen and oxygen atoms in total. The van der Waals surface area contributed by atoms with Crippen LogP contribution in [0.2, 0.25) is 0 Å². The Bertz CT molecular complexity index is 635. The predicted octanol–water partition coefficient (Wildman–Crippen LogP) is 2.78. The number of hydrogen-bond donors (Lipinski definition) is 1. The van der Waals surface area contributed by atoms with E-state index in [4.69, 9.17) is 15.7 Å². The van der Waals surface area contributed by atoms with Crippen molar-refractivity contribution in [2.45, 2.75) is 13.0 Å². The third-order valence-corrected chi connectivity index (χ3v) is 2.89. The summed E-state index contributed by atoms with van der Waals surface area (Å²) in [5, 5.41) is 8.85. The van der Waals surface area contributed by atoms with Crippen LogP contribution in [-0.2, 0) is 13.0 Å². The average molecular weight is 270 g/mol. The van der Waals surface area contributed by atoms with Gasteiger partial charge in [0.15, 0.2) is 0 Å². The quantitative estimate of drug-likeness (QED) is 0.908. The summed E-state index contributed by atoms with van der Waals surface area (Å²) in [4.78, 5) is 0. The van der Waals surface area contributed by atoms with Gasteiger partial charge in [-0.2, -0.15) is 5.26 Å². The molecule has 2 aromatic rings. The van der Waals surface area contributed by atoms with Crippen molar-refractivity contribution in [1.29, 1.82) is 5.26 Å². The fourth-order valence-corrected chi connectivity index (χ4v) is 1.93. The lowest BCUT2D eigenvalue weighted by molar-refractivity contribution is 0.302. The van der Waals surface area contributed by atoms with E-state index in [1.807, 2.05) is 12.1 Å². The highest BCUT2D eigenvalue weighted by Gasteiger charge is 2.05. The van der Waals surface area contributed by atoms with Gasteiger partial charge in [0.1, 0.15) is 18.2 Å². The Kier molecular flexibility index (Phi) is 4.70. The lowest BCUT2D eigenvalue weighted by atomic mass is 10.1. The van der Waals surface area contributed by atoms with Crippen LogP contribution in [0, 0.1) is 17.1 Å². The van der Waals surface area contributed by atoms with Crippen molar-refractivity contribution >= 4 is 0 Å². The fraction of sp³-hybridized carbons (Fsp3) is 0.188. The lowest BCUT2D eigenvalue weighted by Gasteiger charge is -2.11. The lowest BCUT2D eigenvalue weighted by Crippen LogP contribution is -2.06. The number of nitrogens with zero attached hydrogens (tertiary/aromatic N) is 1. The minimum Gasteiger partial charge on any atom is -0.489 e. The number of ether oxygens (including phenoxy) is 1. The zero-order valence-electron chi connectivity index (χ0n) is 11.0. The monoisotopic (exact) mass is 270 g/mol. The maximum Gasteiger partial charge on any atom is 0.123 e. The van der Waals surface area contributed by atoms with Crippen molar-refractivity contribution in [2.24, 2.45) is 5.73 Å².